The Morgan fingerprint density at radius 3 is 2.65 bits per heavy atom. The van der Waals surface area contributed by atoms with Gasteiger partial charge in [-0.15, -0.1) is 10.2 Å². The van der Waals surface area contributed by atoms with E-state index in [0.717, 1.165) is 35.3 Å². The van der Waals surface area contributed by atoms with Gasteiger partial charge in [0.15, 0.2) is 11.5 Å². The van der Waals surface area contributed by atoms with Gasteiger partial charge in [0.05, 0.1) is 6.61 Å². The molecule has 10 heteroatoms. The molecule has 1 aliphatic rings. The number of anilines is 2. The average molecular weight is 464 g/mol. The molecule has 0 bridgehead atoms. The molecule has 5 rings (SSSR count). The number of aromatic amines is 1. The summed E-state index contributed by atoms with van der Waals surface area (Å²) in [6.45, 7) is -1.98. The van der Waals surface area contributed by atoms with Crippen molar-refractivity contribution in [2.75, 3.05) is 11.5 Å². The van der Waals surface area contributed by atoms with Gasteiger partial charge in [-0.2, -0.15) is 14.0 Å². The van der Waals surface area contributed by atoms with Gasteiger partial charge in [0, 0.05) is 41.9 Å². The highest BCUT2D eigenvalue weighted by atomic mass is 19.3. The fourth-order valence-electron chi connectivity index (χ4n) is 3.57. The molecule has 1 saturated carbocycles. The Balaban J connectivity index is 1.53. The quantitative estimate of drug-likeness (QED) is 0.354. The highest BCUT2D eigenvalue weighted by molar-refractivity contribution is 5.71. The van der Waals surface area contributed by atoms with Crippen molar-refractivity contribution in [3.05, 3.63) is 72.6 Å². The van der Waals surface area contributed by atoms with E-state index in [-0.39, 0.29) is 11.5 Å². The van der Waals surface area contributed by atoms with Crippen LogP contribution < -0.4 is 14.4 Å². The van der Waals surface area contributed by atoms with Gasteiger partial charge in [-0.05, 0) is 59.9 Å². The SMILES string of the molecule is FC(F)Oc1ccc(N(Cc2cccnc2)c2cccc(-c3nn[nH]n3)c2)cc1OCC1CC1. The molecule has 1 N–H and O–H groups in total. The lowest BCUT2D eigenvalue weighted by Crippen LogP contribution is -2.17. The molecule has 2 heterocycles. The number of tetrazole rings is 1. The Morgan fingerprint density at radius 2 is 1.91 bits per heavy atom. The zero-order valence-electron chi connectivity index (χ0n) is 18.1. The van der Waals surface area contributed by atoms with E-state index < -0.39 is 6.61 Å². The molecule has 34 heavy (non-hydrogen) atoms. The van der Waals surface area contributed by atoms with Gasteiger partial charge in [0.25, 0.3) is 0 Å². The van der Waals surface area contributed by atoms with Crippen LogP contribution in [0, 0.1) is 5.92 Å². The molecule has 8 nitrogen and oxygen atoms in total. The number of pyridine rings is 1. The lowest BCUT2D eigenvalue weighted by molar-refractivity contribution is -0.0515. The number of nitrogens with one attached hydrogen (secondary N) is 1. The van der Waals surface area contributed by atoms with Gasteiger partial charge in [-0.3, -0.25) is 4.98 Å². The van der Waals surface area contributed by atoms with E-state index in [1.165, 1.54) is 6.07 Å². The number of halogens is 2. The summed E-state index contributed by atoms with van der Waals surface area (Å²) in [6.07, 6.45) is 5.67. The van der Waals surface area contributed by atoms with Crippen molar-refractivity contribution >= 4 is 11.4 Å². The number of H-pyrrole nitrogens is 1. The first-order chi connectivity index (χ1) is 16.7. The maximum Gasteiger partial charge on any atom is 0.387 e. The Morgan fingerprint density at radius 1 is 1.03 bits per heavy atom. The maximum atomic E-state index is 13.0. The number of hydrogen-bond donors (Lipinski definition) is 1. The van der Waals surface area contributed by atoms with Crippen LogP contribution in [0.25, 0.3) is 11.4 Å². The minimum atomic E-state index is -2.94. The second-order valence-electron chi connectivity index (χ2n) is 8.00. The first-order valence-electron chi connectivity index (χ1n) is 10.9. The van der Waals surface area contributed by atoms with Gasteiger partial charge in [0.2, 0.25) is 5.82 Å². The predicted molar refractivity (Wildman–Crippen MR) is 121 cm³/mol. The molecule has 0 saturated heterocycles. The molecule has 0 amide bonds. The molecule has 174 valence electrons. The standard InChI is InChI=1S/C24H22F2N6O2/c25-24(26)34-21-9-8-20(12-22(21)33-15-16-6-7-16)32(14-17-3-2-10-27-13-17)19-5-1-4-18(11-19)23-28-30-31-29-23/h1-5,8-13,16,24H,6-7,14-15H2,(H,28,29,30,31). The minimum absolute atomic E-state index is 0.0151. The Labute approximate surface area is 194 Å². The van der Waals surface area contributed by atoms with Gasteiger partial charge in [0.1, 0.15) is 0 Å². The largest absolute Gasteiger partial charge is 0.489 e. The molecule has 0 spiro atoms. The summed E-state index contributed by atoms with van der Waals surface area (Å²) < 4.78 is 36.6. The first kappa shape index (κ1) is 21.7. The molecule has 1 fully saturated rings. The molecule has 2 aromatic heterocycles. The topological polar surface area (TPSA) is 89.1 Å². The average Bonchev–Trinajstić information content (AvgIpc) is 3.52. The molecule has 0 atom stereocenters. The Hall–Kier alpha value is -4.08. The third-order valence-corrected chi connectivity index (χ3v) is 5.45. The molecule has 0 aliphatic heterocycles. The highest BCUT2D eigenvalue weighted by Gasteiger charge is 2.24. The number of nitrogens with zero attached hydrogens (tertiary/aromatic N) is 5. The monoisotopic (exact) mass is 464 g/mol. The second kappa shape index (κ2) is 9.82. The van der Waals surface area contributed by atoms with Gasteiger partial charge in [-0.1, -0.05) is 18.2 Å². The van der Waals surface area contributed by atoms with Gasteiger partial charge < -0.3 is 14.4 Å². The van der Waals surface area contributed by atoms with E-state index >= 15 is 0 Å². The van der Waals surface area contributed by atoms with Crippen LogP contribution in [0.5, 0.6) is 11.5 Å². The predicted octanol–water partition coefficient (Wildman–Crippen LogP) is 4.99. The van der Waals surface area contributed by atoms with E-state index in [1.807, 2.05) is 41.3 Å². The summed E-state index contributed by atoms with van der Waals surface area (Å²) in [4.78, 5) is 6.25. The summed E-state index contributed by atoms with van der Waals surface area (Å²) in [5.74, 6) is 1.23. The fourth-order valence-corrected chi connectivity index (χ4v) is 3.57. The van der Waals surface area contributed by atoms with Crippen LogP contribution in [0.3, 0.4) is 0 Å². The number of alkyl halides is 2. The summed E-state index contributed by atoms with van der Waals surface area (Å²) in [7, 11) is 0. The molecule has 0 radical (unpaired) electrons. The van der Waals surface area contributed by atoms with Crippen molar-refractivity contribution in [2.45, 2.75) is 26.0 Å². The lowest BCUT2D eigenvalue weighted by Gasteiger charge is -2.26. The summed E-state index contributed by atoms with van der Waals surface area (Å²) in [5.41, 5.74) is 3.36. The van der Waals surface area contributed by atoms with Crippen LogP contribution in [0.2, 0.25) is 0 Å². The second-order valence-corrected chi connectivity index (χ2v) is 8.00. The zero-order chi connectivity index (χ0) is 23.3. The molecule has 4 aromatic rings. The number of rotatable bonds is 10. The van der Waals surface area contributed by atoms with Crippen LogP contribution in [0.1, 0.15) is 18.4 Å². The maximum absolute atomic E-state index is 13.0. The number of ether oxygens (including phenoxy) is 2. The highest BCUT2D eigenvalue weighted by Crippen LogP contribution is 2.39. The van der Waals surface area contributed by atoms with Crippen LogP contribution in [-0.4, -0.2) is 38.8 Å². The third kappa shape index (κ3) is 5.28. The summed E-state index contributed by atoms with van der Waals surface area (Å²) in [5, 5.41) is 14.2. The Kier molecular flexibility index (Phi) is 6.28. The van der Waals surface area contributed by atoms with E-state index in [2.05, 4.69) is 25.6 Å². The van der Waals surface area contributed by atoms with Crippen molar-refractivity contribution in [1.29, 1.82) is 0 Å². The van der Waals surface area contributed by atoms with Crippen LogP contribution in [-0.2, 0) is 6.54 Å². The molecule has 2 aromatic carbocycles. The smallest absolute Gasteiger partial charge is 0.387 e. The van der Waals surface area contributed by atoms with Crippen molar-refractivity contribution in [1.82, 2.24) is 25.6 Å². The van der Waals surface area contributed by atoms with E-state index in [1.54, 1.807) is 24.5 Å². The van der Waals surface area contributed by atoms with Crippen LogP contribution in [0.4, 0.5) is 20.2 Å². The van der Waals surface area contributed by atoms with E-state index in [0.29, 0.717) is 24.9 Å². The van der Waals surface area contributed by atoms with Gasteiger partial charge in [-0.25, -0.2) is 0 Å². The van der Waals surface area contributed by atoms with E-state index in [4.69, 9.17) is 9.47 Å². The van der Waals surface area contributed by atoms with Crippen molar-refractivity contribution in [2.24, 2.45) is 5.92 Å². The molecular formula is C24H22F2N6O2. The van der Waals surface area contributed by atoms with Crippen molar-refractivity contribution in [3.63, 3.8) is 0 Å². The van der Waals surface area contributed by atoms with Crippen molar-refractivity contribution < 1.29 is 18.3 Å². The number of benzene rings is 2. The lowest BCUT2D eigenvalue weighted by atomic mass is 10.1. The normalized spacial score (nSPS) is 13.1. The van der Waals surface area contributed by atoms with Crippen LogP contribution in [0.15, 0.2) is 67.0 Å². The number of hydrogen-bond acceptors (Lipinski definition) is 7. The summed E-state index contributed by atoms with van der Waals surface area (Å²) in [6, 6.07) is 16.5. The molecular weight excluding hydrogens is 442 g/mol. The molecule has 1 aliphatic carbocycles. The fraction of sp³-hybridized carbons (Fsp3) is 0.250. The van der Waals surface area contributed by atoms with E-state index in [9.17, 15) is 8.78 Å². The summed E-state index contributed by atoms with van der Waals surface area (Å²) >= 11 is 0. The van der Waals surface area contributed by atoms with Crippen molar-refractivity contribution in [3.8, 4) is 22.9 Å². The molecule has 0 unspecified atom stereocenters. The minimum Gasteiger partial charge on any atom is -0.489 e. The first-order valence-corrected chi connectivity index (χ1v) is 10.9. The zero-order valence-corrected chi connectivity index (χ0v) is 18.1. The van der Waals surface area contributed by atoms with Crippen LogP contribution >= 0.6 is 0 Å². The number of aromatic nitrogens is 5. The Bertz CT molecular complexity index is 1220. The van der Waals surface area contributed by atoms with Gasteiger partial charge >= 0.3 is 6.61 Å². The third-order valence-electron chi connectivity index (χ3n) is 5.45.